The number of para-hydroxylation sites is 1. The highest BCUT2D eigenvalue weighted by molar-refractivity contribution is 7.80. The number of carbonyl (C=O) groups is 1. The predicted octanol–water partition coefficient (Wildman–Crippen LogP) is 4.01. The number of hydrogen-bond donors (Lipinski definition) is 2. The molecule has 7 nitrogen and oxygen atoms in total. The van der Waals surface area contributed by atoms with Gasteiger partial charge in [-0.3, -0.25) is 10.1 Å². The van der Waals surface area contributed by atoms with Crippen molar-refractivity contribution < 1.29 is 13.9 Å². The number of ether oxygens (including phenoxy) is 1. The molecule has 156 valence electrons. The summed E-state index contributed by atoms with van der Waals surface area (Å²) in [4.78, 5) is 21.1. The maximum Gasteiger partial charge on any atom is 0.261 e. The van der Waals surface area contributed by atoms with E-state index in [0.29, 0.717) is 35.0 Å². The summed E-state index contributed by atoms with van der Waals surface area (Å²) in [6.07, 6.45) is 1.68. The average molecular weight is 433 g/mol. The first-order valence-electron chi connectivity index (χ1n) is 9.59. The zero-order chi connectivity index (χ0) is 21.8. The van der Waals surface area contributed by atoms with Gasteiger partial charge in [-0.2, -0.15) is 4.98 Å². The Bertz CT molecular complexity index is 1220. The lowest BCUT2D eigenvalue weighted by Gasteiger charge is -2.13. The van der Waals surface area contributed by atoms with Crippen molar-refractivity contribution in [1.29, 1.82) is 0 Å². The van der Waals surface area contributed by atoms with Gasteiger partial charge in [0.15, 0.2) is 16.3 Å². The van der Waals surface area contributed by atoms with E-state index in [4.69, 9.17) is 21.4 Å². The number of hydrogen-bond acceptors (Lipinski definition) is 6. The van der Waals surface area contributed by atoms with Gasteiger partial charge in [0.2, 0.25) is 5.89 Å². The summed E-state index contributed by atoms with van der Waals surface area (Å²) in [5.41, 5.74) is 4.38. The number of rotatable bonds is 5. The molecule has 0 fully saturated rings. The first-order chi connectivity index (χ1) is 15.0. The molecule has 4 aromatic rings. The normalized spacial score (nSPS) is 10.6. The maximum atomic E-state index is 12.5. The Morgan fingerprint density at radius 2 is 1.94 bits per heavy atom. The van der Waals surface area contributed by atoms with Gasteiger partial charge in [-0.15, -0.1) is 0 Å². The molecule has 31 heavy (non-hydrogen) atoms. The molecule has 0 bridgehead atoms. The first kappa shape index (κ1) is 20.5. The first-order valence-corrected chi connectivity index (χ1v) is 9.99. The number of methoxy groups -OCH3 is 1. The van der Waals surface area contributed by atoms with Crippen LogP contribution < -0.4 is 15.4 Å². The molecule has 1 amide bonds. The van der Waals surface area contributed by atoms with Gasteiger partial charge in [0.25, 0.3) is 5.91 Å². The van der Waals surface area contributed by atoms with E-state index < -0.39 is 0 Å². The summed E-state index contributed by atoms with van der Waals surface area (Å²) >= 11 is 5.27. The Balaban J connectivity index is 1.36. The van der Waals surface area contributed by atoms with Crippen LogP contribution in [0.5, 0.6) is 5.75 Å². The molecule has 0 aliphatic heterocycles. The van der Waals surface area contributed by atoms with Crippen molar-refractivity contribution in [3.8, 4) is 17.2 Å². The summed E-state index contributed by atoms with van der Waals surface area (Å²) in [6, 6.07) is 16.7. The number of nitrogens with zero attached hydrogens (tertiary/aromatic N) is 2. The highest BCUT2D eigenvalue weighted by Crippen LogP contribution is 2.24. The monoisotopic (exact) mass is 432 g/mol. The SMILES string of the molecule is COc1c(C)cccc1C(=O)NC(=S)NCc1ccc(-c2nc3ncccc3o2)cc1. The second-order valence-corrected chi connectivity index (χ2v) is 7.24. The number of pyridine rings is 1. The van der Waals surface area contributed by atoms with Crippen LogP contribution in [-0.2, 0) is 6.54 Å². The van der Waals surface area contributed by atoms with Gasteiger partial charge in [-0.1, -0.05) is 24.3 Å². The largest absolute Gasteiger partial charge is 0.496 e. The third-order valence-electron chi connectivity index (χ3n) is 4.71. The van der Waals surface area contributed by atoms with Crippen LogP contribution in [0.2, 0.25) is 0 Å². The molecule has 8 heteroatoms. The number of nitrogens with one attached hydrogen (secondary N) is 2. The summed E-state index contributed by atoms with van der Waals surface area (Å²) in [7, 11) is 1.54. The average Bonchev–Trinajstić information content (AvgIpc) is 3.22. The highest BCUT2D eigenvalue weighted by Gasteiger charge is 2.15. The number of thiocarbonyl (C=S) groups is 1. The van der Waals surface area contributed by atoms with Crippen LogP contribution in [0.4, 0.5) is 0 Å². The number of amides is 1. The molecule has 2 heterocycles. The molecule has 2 N–H and O–H groups in total. The van der Waals surface area contributed by atoms with Crippen LogP contribution in [0.1, 0.15) is 21.5 Å². The van der Waals surface area contributed by atoms with Crippen molar-refractivity contribution in [3.05, 3.63) is 77.5 Å². The van der Waals surface area contributed by atoms with Crippen LogP contribution >= 0.6 is 12.2 Å². The topological polar surface area (TPSA) is 89.3 Å². The molecule has 0 aliphatic carbocycles. The number of carbonyl (C=O) groups excluding carboxylic acids is 1. The summed E-state index contributed by atoms with van der Waals surface area (Å²) < 4.78 is 11.1. The van der Waals surface area contributed by atoms with E-state index in [1.165, 1.54) is 7.11 Å². The Kier molecular flexibility index (Phi) is 5.90. The molecular weight excluding hydrogens is 412 g/mol. The molecule has 4 rings (SSSR count). The van der Waals surface area contributed by atoms with Gasteiger partial charge < -0.3 is 14.5 Å². The van der Waals surface area contributed by atoms with E-state index >= 15 is 0 Å². The Hall–Kier alpha value is -3.78. The molecule has 2 aromatic carbocycles. The van der Waals surface area contributed by atoms with Crippen LogP contribution in [0.15, 0.2) is 65.2 Å². The van der Waals surface area contributed by atoms with Gasteiger partial charge >= 0.3 is 0 Å². The number of aromatic nitrogens is 2. The van der Waals surface area contributed by atoms with Crippen molar-refractivity contribution in [2.75, 3.05) is 7.11 Å². The minimum absolute atomic E-state index is 0.239. The summed E-state index contributed by atoms with van der Waals surface area (Å²) in [6.45, 7) is 2.34. The predicted molar refractivity (Wildman–Crippen MR) is 122 cm³/mol. The molecule has 0 saturated carbocycles. The van der Waals surface area contributed by atoms with E-state index in [-0.39, 0.29) is 11.0 Å². The highest BCUT2D eigenvalue weighted by atomic mass is 32.1. The minimum Gasteiger partial charge on any atom is -0.496 e. The van der Waals surface area contributed by atoms with E-state index in [2.05, 4.69) is 20.6 Å². The zero-order valence-electron chi connectivity index (χ0n) is 17.0. The van der Waals surface area contributed by atoms with Crippen LogP contribution in [-0.4, -0.2) is 28.1 Å². The summed E-state index contributed by atoms with van der Waals surface area (Å²) in [5.74, 6) is 0.730. The fourth-order valence-corrected chi connectivity index (χ4v) is 3.32. The zero-order valence-corrected chi connectivity index (χ0v) is 17.8. The molecule has 0 unspecified atom stereocenters. The molecule has 0 atom stereocenters. The molecule has 0 saturated heterocycles. The van der Waals surface area contributed by atoms with Crippen molar-refractivity contribution in [2.24, 2.45) is 0 Å². The number of benzene rings is 2. The quantitative estimate of drug-likeness (QED) is 0.461. The van der Waals surface area contributed by atoms with Gasteiger partial charge in [0.05, 0.1) is 12.7 Å². The third-order valence-corrected chi connectivity index (χ3v) is 4.95. The lowest BCUT2D eigenvalue weighted by molar-refractivity contribution is 0.0973. The fraction of sp³-hybridized carbons (Fsp3) is 0.130. The lowest BCUT2D eigenvalue weighted by Crippen LogP contribution is -2.39. The number of aryl methyl sites for hydroxylation is 1. The van der Waals surface area contributed by atoms with Gasteiger partial charge in [-0.05, 0) is 60.6 Å². The number of fused-ring (bicyclic) bond motifs is 1. The van der Waals surface area contributed by atoms with E-state index in [0.717, 1.165) is 16.7 Å². The van der Waals surface area contributed by atoms with E-state index in [1.54, 1.807) is 18.3 Å². The Morgan fingerprint density at radius 1 is 1.13 bits per heavy atom. The van der Waals surface area contributed by atoms with Crippen LogP contribution in [0.25, 0.3) is 22.7 Å². The maximum absolute atomic E-state index is 12.5. The van der Waals surface area contributed by atoms with Gasteiger partial charge in [0.1, 0.15) is 5.75 Å². The second kappa shape index (κ2) is 8.93. The smallest absolute Gasteiger partial charge is 0.261 e. The molecule has 2 aromatic heterocycles. The van der Waals surface area contributed by atoms with Crippen molar-refractivity contribution >= 4 is 34.5 Å². The second-order valence-electron chi connectivity index (χ2n) is 6.83. The van der Waals surface area contributed by atoms with Crippen LogP contribution in [0.3, 0.4) is 0 Å². The molecular formula is C23H20N4O3S. The Morgan fingerprint density at radius 3 is 2.68 bits per heavy atom. The minimum atomic E-state index is -0.321. The molecule has 0 aliphatic rings. The standard InChI is InChI=1S/C23H20N4O3S/c1-14-5-3-6-17(19(14)29-2)21(28)27-23(31)25-13-15-8-10-16(11-9-15)22-26-20-18(30-22)7-4-12-24-20/h3-12H,13H2,1-2H3,(H2,25,27,28,31). The van der Waals surface area contributed by atoms with Crippen LogP contribution in [0, 0.1) is 6.92 Å². The summed E-state index contributed by atoms with van der Waals surface area (Å²) in [5, 5.41) is 5.97. The van der Waals surface area contributed by atoms with E-state index in [1.807, 2.05) is 49.4 Å². The lowest BCUT2D eigenvalue weighted by atomic mass is 10.1. The fourth-order valence-electron chi connectivity index (χ4n) is 3.16. The van der Waals surface area contributed by atoms with E-state index in [9.17, 15) is 4.79 Å². The van der Waals surface area contributed by atoms with Gasteiger partial charge in [-0.25, -0.2) is 4.98 Å². The molecule has 0 radical (unpaired) electrons. The van der Waals surface area contributed by atoms with Crippen molar-refractivity contribution in [3.63, 3.8) is 0 Å². The van der Waals surface area contributed by atoms with Crippen molar-refractivity contribution in [1.82, 2.24) is 20.6 Å². The van der Waals surface area contributed by atoms with Crippen molar-refractivity contribution in [2.45, 2.75) is 13.5 Å². The third kappa shape index (κ3) is 4.54. The molecule has 0 spiro atoms. The Labute approximate surface area is 184 Å². The van der Waals surface area contributed by atoms with Gasteiger partial charge in [0, 0.05) is 18.3 Å². The number of oxazole rings is 1.